The number of halogens is 1. The number of rotatable bonds is 7. The van der Waals surface area contributed by atoms with Crippen LogP contribution >= 0.6 is 0 Å². The maximum absolute atomic E-state index is 13.4. The van der Waals surface area contributed by atoms with E-state index < -0.39 is 42.0 Å². The fourth-order valence-electron chi connectivity index (χ4n) is 3.55. The van der Waals surface area contributed by atoms with E-state index in [0.717, 1.165) is 22.0 Å². The molecule has 0 saturated carbocycles. The lowest BCUT2D eigenvalue weighted by molar-refractivity contribution is -0.124. The molecule has 1 atom stereocenters. The van der Waals surface area contributed by atoms with Gasteiger partial charge in [-0.25, -0.2) is 19.1 Å². The first-order valence-electron chi connectivity index (χ1n) is 10.6. The maximum atomic E-state index is 13.4. The van der Waals surface area contributed by atoms with E-state index >= 15 is 0 Å². The van der Waals surface area contributed by atoms with Gasteiger partial charge in [0.2, 0.25) is 5.91 Å². The van der Waals surface area contributed by atoms with Crippen LogP contribution in [0.5, 0.6) is 5.75 Å². The normalized spacial score (nSPS) is 15.2. The van der Waals surface area contributed by atoms with Crippen LogP contribution in [0.3, 0.4) is 0 Å². The minimum Gasteiger partial charge on any atom is -0.497 e. The number of carbonyl (C=O) groups is 4. The van der Waals surface area contributed by atoms with Crippen LogP contribution in [-0.4, -0.2) is 41.9 Å². The van der Waals surface area contributed by atoms with Crippen molar-refractivity contribution < 1.29 is 28.3 Å². The molecule has 9 nitrogen and oxygen atoms in total. The molecule has 3 aromatic rings. The predicted molar refractivity (Wildman–Crippen MR) is 125 cm³/mol. The summed E-state index contributed by atoms with van der Waals surface area (Å²) in [4.78, 5) is 52.7. The third-order valence-electron chi connectivity index (χ3n) is 5.31. The van der Waals surface area contributed by atoms with Crippen molar-refractivity contribution in [2.75, 3.05) is 17.3 Å². The number of hydrogen-bond acceptors (Lipinski definition) is 5. The minimum absolute atomic E-state index is 0.110. The summed E-state index contributed by atoms with van der Waals surface area (Å²) in [5, 5.41) is 3.49. The fraction of sp³-hybridized carbons (Fsp3) is 0.120. The van der Waals surface area contributed by atoms with Crippen LogP contribution < -0.4 is 20.4 Å². The van der Waals surface area contributed by atoms with Crippen molar-refractivity contribution in [1.82, 2.24) is 10.4 Å². The molecule has 1 fully saturated rings. The van der Waals surface area contributed by atoms with Crippen molar-refractivity contribution in [3.8, 4) is 5.75 Å². The summed E-state index contributed by atoms with van der Waals surface area (Å²) in [5.74, 6) is -1.86. The lowest BCUT2D eigenvalue weighted by Gasteiger charge is -2.22. The van der Waals surface area contributed by atoms with Crippen LogP contribution in [0.25, 0.3) is 0 Å². The van der Waals surface area contributed by atoms with Gasteiger partial charge in [0, 0.05) is 11.3 Å². The van der Waals surface area contributed by atoms with Crippen LogP contribution in [0, 0.1) is 5.82 Å². The van der Waals surface area contributed by atoms with Crippen LogP contribution in [0.2, 0.25) is 0 Å². The predicted octanol–water partition coefficient (Wildman–Crippen LogP) is 3.35. The summed E-state index contributed by atoms with van der Waals surface area (Å²) in [6.45, 7) is 0. The Morgan fingerprint density at radius 3 is 2.23 bits per heavy atom. The highest BCUT2D eigenvalue weighted by Crippen LogP contribution is 2.26. The highest BCUT2D eigenvalue weighted by atomic mass is 19.1. The molecule has 3 aromatic carbocycles. The third kappa shape index (κ3) is 5.11. The molecule has 1 aliphatic heterocycles. The number of anilines is 2. The molecule has 0 aromatic heterocycles. The Hall–Kier alpha value is -4.73. The first-order chi connectivity index (χ1) is 16.9. The number of imide groups is 1. The Labute approximate surface area is 200 Å². The first-order valence-corrected chi connectivity index (χ1v) is 10.6. The second kappa shape index (κ2) is 10.0. The average molecular weight is 476 g/mol. The number of hydrogen-bond donors (Lipinski definition) is 2. The van der Waals surface area contributed by atoms with Gasteiger partial charge >= 0.3 is 6.03 Å². The lowest BCUT2D eigenvalue weighted by Crippen LogP contribution is -2.49. The molecule has 0 spiro atoms. The van der Waals surface area contributed by atoms with E-state index in [1.165, 1.54) is 19.2 Å². The van der Waals surface area contributed by atoms with E-state index in [2.05, 4.69) is 10.7 Å². The number of nitrogens with one attached hydrogen (secondary N) is 2. The molecule has 4 rings (SSSR count). The smallest absolute Gasteiger partial charge is 0.350 e. The van der Waals surface area contributed by atoms with E-state index in [-0.39, 0.29) is 11.3 Å². The Kier molecular flexibility index (Phi) is 6.72. The van der Waals surface area contributed by atoms with E-state index in [1.807, 2.05) is 0 Å². The monoisotopic (exact) mass is 476 g/mol. The Balaban J connectivity index is 1.57. The summed E-state index contributed by atoms with van der Waals surface area (Å²) < 4.78 is 18.5. The second-order valence-corrected chi connectivity index (χ2v) is 7.61. The molecule has 5 amide bonds. The van der Waals surface area contributed by atoms with E-state index in [4.69, 9.17) is 4.74 Å². The zero-order chi connectivity index (χ0) is 24.9. The number of carbonyl (C=O) groups excluding carboxylic acids is 4. The fourth-order valence-corrected chi connectivity index (χ4v) is 3.55. The molecule has 1 unspecified atom stereocenters. The summed E-state index contributed by atoms with van der Waals surface area (Å²) in [6.07, 6.45) is -0.427. The van der Waals surface area contributed by atoms with E-state index in [0.29, 0.717) is 11.4 Å². The standard InChI is InChI=1S/C25H21FN4O5/c1-35-20-13-9-18(10-14-20)27-22(31)15-21-24(33)29(19-11-7-17(26)8-12-19)25(34)30(21)28-23(32)16-5-3-2-4-6-16/h2-14,21H,15H2,1H3,(H,27,31)(H,28,32). The number of benzene rings is 3. The number of methoxy groups -OCH3 is 1. The number of hydrazine groups is 1. The van der Waals surface area contributed by atoms with Gasteiger partial charge < -0.3 is 10.1 Å². The molecule has 2 N–H and O–H groups in total. The van der Waals surface area contributed by atoms with Gasteiger partial charge in [-0.3, -0.25) is 19.8 Å². The minimum atomic E-state index is -1.32. The van der Waals surface area contributed by atoms with Crippen molar-refractivity contribution in [3.05, 3.63) is 90.2 Å². The van der Waals surface area contributed by atoms with E-state index in [9.17, 15) is 23.6 Å². The van der Waals surface area contributed by atoms with Crippen molar-refractivity contribution in [2.24, 2.45) is 0 Å². The number of amides is 5. The molecule has 178 valence electrons. The highest BCUT2D eigenvalue weighted by molar-refractivity contribution is 6.22. The molecule has 0 aliphatic carbocycles. The highest BCUT2D eigenvalue weighted by Gasteiger charge is 2.48. The summed E-state index contributed by atoms with van der Waals surface area (Å²) in [6, 6.07) is 17.2. The molecule has 35 heavy (non-hydrogen) atoms. The number of ether oxygens (including phenoxy) is 1. The molecule has 0 bridgehead atoms. The van der Waals surface area contributed by atoms with Gasteiger partial charge in [0.25, 0.3) is 11.8 Å². The van der Waals surface area contributed by atoms with Crippen molar-refractivity contribution in [2.45, 2.75) is 12.5 Å². The van der Waals surface area contributed by atoms with Gasteiger partial charge in [-0.2, -0.15) is 0 Å². The average Bonchev–Trinajstić information content (AvgIpc) is 3.09. The Morgan fingerprint density at radius 2 is 1.60 bits per heavy atom. The van der Waals surface area contributed by atoms with E-state index in [1.54, 1.807) is 54.6 Å². The molecule has 1 aliphatic rings. The zero-order valence-corrected chi connectivity index (χ0v) is 18.6. The van der Waals surface area contributed by atoms with Crippen LogP contribution in [0.4, 0.5) is 20.6 Å². The van der Waals surface area contributed by atoms with Gasteiger partial charge in [-0.15, -0.1) is 0 Å². The quantitative estimate of drug-likeness (QED) is 0.509. The molecule has 1 heterocycles. The molecule has 1 saturated heterocycles. The van der Waals surface area contributed by atoms with Gasteiger partial charge in [0.15, 0.2) is 0 Å². The molecular formula is C25H21FN4O5. The maximum Gasteiger partial charge on any atom is 0.350 e. The third-order valence-corrected chi connectivity index (χ3v) is 5.31. The SMILES string of the molecule is COc1ccc(NC(=O)CC2C(=O)N(c3ccc(F)cc3)C(=O)N2NC(=O)c2ccccc2)cc1. The van der Waals surface area contributed by atoms with Crippen LogP contribution in [0.15, 0.2) is 78.9 Å². The summed E-state index contributed by atoms with van der Waals surface area (Å²) in [5.41, 5.74) is 3.26. The van der Waals surface area contributed by atoms with Crippen LogP contribution in [0.1, 0.15) is 16.8 Å². The van der Waals surface area contributed by atoms with Gasteiger partial charge in [-0.05, 0) is 60.7 Å². The summed E-state index contributed by atoms with van der Waals surface area (Å²) in [7, 11) is 1.52. The van der Waals surface area contributed by atoms with Crippen molar-refractivity contribution >= 4 is 35.1 Å². The number of nitrogens with zero attached hydrogens (tertiary/aromatic N) is 2. The van der Waals surface area contributed by atoms with Gasteiger partial charge in [-0.1, -0.05) is 18.2 Å². The number of urea groups is 1. The first kappa shape index (κ1) is 23.4. The van der Waals surface area contributed by atoms with Crippen molar-refractivity contribution in [3.63, 3.8) is 0 Å². The topological polar surface area (TPSA) is 108 Å². The summed E-state index contributed by atoms with van der Waals surface area (Å²) >= 11 is 0. The molecule has 10 heteroatoms. The lowest BCUT2D eigenvalue weighted by atomic mass is 10.1. The second-order valence-electron chi connectivity index (χ2n) is 7.61. The van der Waals surface area contributed by atoms with Gasteiger partial charge in [0.1, 0.15) is 17.6 Å². The molecule has 0 radical (unpaired) electrons. The van der Waals surface area contributed by atoms with Crippen LogP contribution in [-0.2, 0) is 9.59 Å². The van der Waals surface area contributed by atoms with Gasteiger partial charge in [0.05, 0.1) is 19.2 Å². The Bertz CT molecular complexity index is 1250. The van der Waals surface area contributed by atoms with Crippen molar-refractivity contribution in [1.29, 1.82) is 0 Å². The Morgan fingerprint density at radius 1 is 0.943 bits per heavy atom. The zero-order valence-electron chi connectivity index (χ0n) is 18.6. The molecular weight excluding hydrogens is 455 g/mol. The largest absolute Gasteiger partial charge is 0.497 e.